The first-order valence-electron chi connectivity index (χ1n) is 4.36. The number of rotatable bonds is 1. The fourth-order valence-electron chi connectivity index (χ4n) is 1.83. The maximum absolute atomic E-state index is 11.5. The van der Waals surface area contributed by atoms with Crippen LogP contribution in [0.4, 0.5) is 0 Å². The van der Waals surface area contributed by atoms with Crippen LogP contribution >= 0.6 is 12.2 Å². The molecule has 0 saturated carbocycles. The summed E-state index contributed by atoms with van der Waals surface area (Å²) >= 11 is 4.78. The molecule has 6 heteroatoms. The molecule has 1 aliphatic rings. The molecule has 2 atom stereocenters. The van der Waals surface area contributed by atoms with Crippen molar-refractivity contribution in [2.45, 2.75) is 13.8 Å². The zero-order valence-electron chi connectivity index (χ0n) is 8.40. The molecule has 0 aliphatic carbocycles. The Labute approximate surface area is 92.6 Å². The number of thiocarbonyl (C=S) groups is 1. The highest BCUT2D eigenvalue weighted by Crippen LogP contribution is 2.38. The predicted octanol–water partition coefficient (Wildman–Crippen LogP) is -0.289. The maximum Gasteiger partial charge on any atom is 0.244 e. The smallest absolute Gasteiger partial charge is 0.244 e. The van der Waals surface area contributed by atoms with Crippen molar-refractivity contribution < 1.29 is 9.59 Å². The van der Waals surface area contributed by atoms with Gasteiger partial charge in [0.1, 0.15) is 5.92 Å². The molecule has 1 aliphatic heterocycles. The molecule has 0 aromatic carbocycles. The van der Waals surface area contributed by atoms with E-state index in [1.165, 1.54) is 0 Å². The van der Waals surface area contributed by atoms with Gasteiger partial charge in [0.15, 0.2) is 0 Å². The molecule has 2 amide bonds. The quantitative estimate of drug-likeness (QED) is 0.472. The van der Waals surface area contributed by atoms with Gasteiger partial charge in [0.2, 0.25) is 11.8 Å². The van der Waals surface area contributed by atoms with E-state index in [9.17, 15) is 9.59 Å². The van der Waals surface area contributed by atoms with Gasteiger partial charge in [0, 0.05) is 5.41 Å². The molecule has 1 fully saturated rings. The number of nitriles is 1. The van der Waals surface area contributed by atoms with Crippen LogP contribution in [0.3, 0.4) is 0 Å². The van der Waals surface area contributed by atoms with Crippen molar-refractivity contribution in [1.82, 2.24) is 5.32 Å². The average molecular weight is 225 g/mol. The summed E-state index contributed by atoms with van der Waals surface area (Å²) < 4.78 is 0. The number of nitrogens with zero attached hydrogens (tertiary/aromatic N) is 1. The highest BCUT2D eigenvalue weighted by molar-refractivity contribution is 7.80. The van der Waals surface area contributed by atoms with Gasteiger partial charge < -0.3 is 5.73 Å². The topological polar surface area (TPSA) is 96.0 Å². The zero-order valence-corrected chi connectivity index (χ0v) is 9.22. The zero-order chi connectivity index (χ0) is 11.8. The van der Waals surface area contributed by atoms with Gasteiger partial charge in [-0.05, 0) is 0 Å². The molecule has 0 radical (unpaired) electrons. The SMILES string of the molecule is CC1(C)[C@H](C(N)=S)C(=O)NC(=O)[C@@H]1C#N. The van der Waals surface area contributed by atoms with Crippen molar-refractivity contribution in [3.63, 3.8) is 0 Å². The van der Waals surface area contributed by atoms with Crippen LogP contribution < -0.4 is 11.1 Å². The van der Waals surface area contributed by atoms with E-state index in [-0.39, 0.29) is 4.99 Å². The van der Waals surface area contributed by atoms with Crippen LogP contribution in [0.15, 0.2) is 0 Å². The van der Waals surface area contributed by atoms with Crippen LogP contribution in [0.1, 0.15) is 13.8 Å². The van der Waals surface area contributed by atoms with Crippen LogP contribution in [-0.2, 0) is 9.59 Å². The number of nitrogens with one attached hydrogen (secondary N) is 1. The maximum atomic E-state index is 11.5. The van der Waals surface area contributed by atoms with Gasteiger partial charge >= 0.3 is 0 Å². The Morgan fingerprint density at radius 2 is 2.07 bits per heavy atom. The standard InChI is InChI=1S/C9H11N3O2S/c1-9(2)4(3-10)7(13)12-8(14)5(9)6(11)15/h4-5H,1-2H3,(H2,11,15)(H,12,13,14)/t4-,5+/m0/s1. The second-order valence-electron chi connectivity index (χ2n) is 4.07. The molecular formula is C9H11N3O2S. The highest BCUT2D eigenvalue weighted by Gasteiger charge is 2.51. The van der Waals surface area contributed by atoms with Crippen molar-refractivity contribution in [3.8, 4) is 6.07 Å². The van der Waals surface area contributed by atoms with Gasteiger partial charge in [-0.25, -0.2) is 0 Å². The molecule has 15 heavy (non-hydrogen) atoms. The monoisotopic (exact) mass is 225 g/mol. The van der Waals surface area contributed by atoms with Crippen LogP contribution in [0, 0.1) is 28.6 Å². The molecule has 0 spiro atoms. The van der Waals surface area contributed by atoms with Crippen LogP contribution in [-0.4, -0.2) is 16.8 Å². The first kappa shape index (κ1) is 11.6. The number of hydrogen-bond acceptors (Lipinski definition) is 4. The lowest BCUT2D eigenvalue weighted by Crippen LogP contribution is -2.58. The molecule has 1 saturated heterocycles. The Hall–Kier alpha value is -1.48. The summed E-state index contributed by atoms with van der Waals surface area (Å²) in [6, 6.07) is 1.87. The van der Waals surface area contributed by atoms with Gasteiger partial charge in [-0.3, -0.25) is 14.9 Å². The van der Waals surface area contributed by atoms with Crippen molar-refractivity contribution in [2.75, 3.05) is 0 Å². The van der Waals surface area contributed by atoms with Gasteiger partial charge in [-0.1, -0.05) is 26.1 Å². The number of amides is 2. The molecule has 0 aromatic heterocycles. The highest BCUT2D eigenvalue weighted by atomic mass is 32.1. The van der Waals surface area contributed by atoms with Crippen LogP contribution in [0.25, 0.3) is 0 Å². The van der Waals surface area contributed by atoms with Crippen molar-refractivity contribution in [1.29, 1.82) is 5.26 Å². The molecule has 1 heterocycles. The van der Waals surface area contributed by atoms with Crippen molar-refractivity contribution in [3.05, 3.63) is 0 Å². The number of imide groups is 1. The Morgan fingerprint density at radius 3 is 2.47 bits per heavy atom. The minimum absolute atomic E-state index is 0.00486. The number of hydrogen-bond donors (Lipinski definition) is 2. The second kappa shape index (κ2) is 3.59. The largest absolute Gasteiger partial charge is 0.393 e. The van der Waals surface area contributed by atoms with E-state index in [4.69, 9.17) is 23.2 Å². The van der Waals surface area contributed by atoms with E-state index in [1.807, 2.05) is 6.07 Å². The van der Waals surface area contributed by atoms with E-state index >= 15 is 0 Å². The lowest BCUT2D eigenvalue weighted by Gasteiger charge is -2.39. The Balaban J connectivity index is 3.21. The van der Waals surface area contributed by atoms with E-state index in [2.05, 4.69) is 5.32 Å². The molecule has 0 bridgehead atoms. The molecule has 0 aromatic rings. The van der Waals surface area contributed by atoms with E-state index in [0.717, 1.165) is 0 Å². The van der Waals surface area contributed by atoms with Crippen LogP contribution in [0.2, 0.25) is 0 Å². The van der Waals surface area contributed by atoms with Crippen molar-refractivity contribution >= 4 is 29.0 Å². The lowest BCUT2D eigenvalue weighted by atomic mass is 9.66. The number of nitrogens with two attached hydrogens (primary N) is 1. The van der Waals surface area contributed by atoms with E-state index in [0.29, 0.717) is 0 Å². The summed E-state index contributed by atoms with van der Waals surface area (Å²) in [6.07, 6.45) is 0. The number of carbonyl (C=O) groups excluding carboxylic acids is 2. The minimum Gasteiger partial charge on any atom is -0.393 e. The summed E-state index contributed by atoms with van der Waals surface area (Å²) in [5.41, 5.74) is 4.58. The third-order valence-corrected chi connectivity index (χ3v) is 2.91. The first-order chi connectivity index (χ1) is 6.82. The minimum atomic E-state index is -0.915. The first-order valence-corrected chi connectivity index (χ1v) is 4.76. The van der Waals surface area contributed by atoms with Gasteiger partial charge in [0.05, 0.1) is 17.0 Å². The molecule has 3 N–H and O–H groups in total. The summed E-state index contributed by atoms with van der Waals surface area (Å²) in [4.78, 5) is 22.9. The van der Waals surface area contributed by atoms with Gasteiger partial charge in [-0.2, -0.15) is 5.26 Å². The summed E-state index contributed by atoms with van der Waals surface area (Å²) in [6.45, 7) is 3.28. The third-order valence-electron chi connectivity index (χ3n) is 2.67. The Kier molecular flexibility index (Phi) is 2.77. The lowest BCUT2D eigenvalue weighted by molar-refractivity contribution is -0.142. The van der Waals surface area contributed by atoms with Crippen molar-refractivity contribution in [2.24, 2.45) is 23.0 Å². The average Bonchev–Trinajstić information content (AvgIpc) is 2.00. The molecule has 1 rings (SSSR count). The van der Waals surface area contributed by atoms with E-state index in [1.54, 1.807) is 13.8 Å². The van der Waals surface area contributed by atoms with E-state index < -0.39 is 29.1 Å². The fraction of sp³-hybridized carbons (Fsp3) is 0.556. The summed E-state index contributed by atoms with van der Waals surface area (Å²) in [5.74, 6) is -2.81. The van der Waals surface area contributed by atoms with Crippen LogP contribution in [0.5, 0.6) is 0 Å². The Bertz CT molecular complexity index is 383. The second-order valence-corrected chi connectivity index (χ2v) is 4.54. The normalized spacial score (nSPS) is 29.1. The third kappa shape index (κ3) is 1.70. The van der Waals surface area contributed by atoms with Gasteiger partial charge in [-0.15, -0.1) is 0 Å². The molecular weight excluding hydrogens is 214 g/mol. The molecule has 80 valence electrons. The molecule has 0 unspecified atom stereocenters. The summed E-state index contributed by atoms with van der Waals surface area (Å²) in [5, 5.41) is 11.0. The fourth-order valence-corrected chi connectivity index (χ4v) is 2.24. The predicted molar refractivity (Wildman–Crippen MR) is 56.3 cm³/mol. The Morgan fingerprint density at radius 1 is 1.53 bits per heavy atom. The summed E-state index contributed by atoms with van der Waals surface area (Å²) in [7, 11) is 0. The number of piperidine rings is 1. The number of carbonyl (C=O) groups is 2. The molecule has 5 nitrogen and oxygen atoms in total. The van der Waals surface area contributed by atoms with Gasteiger partial charge in [0.25, 0.3) is 0 Å².